The third-order valence-corrected chi connectivity index (χ3v) is 7.94. The fourth-order valence-corrected chi connectivity index (χ4v) is 6.14. The Kier molecular flexibility index (Phi) is 4.89. The summed E-state index contributed by atoms with van der Waals surface area (Å²) in [5, 5.41) is 14.2. The second-order valence-corrected chi connectivity index (χ2v) is 10.2. The van der Waals surface area contributed by atoms with Crippen LogP contribution in [0.4, 0.5) is 0 Å². The van der Waals surface area contributed by atoms with Gasteiger partial charge in [0.05, 0.1) is 33.7 Å². The molecule has 8 rings (SSSR count). The summed E-state index contributed by atoms with van der Waals surface area (Å²) in [4.78, 5) is 0. The van der Waals surface area contributed by atoms with Crippen molar-refractivity contribution in [3.8, 4) is 28.6 Å². The van der Waals surface area contributed by atoms with Crippen LogP contribution in [0, 0.1) is 11.3 Å². The van der Waals surface area contributed by atoms with E-state index in [0.717, 1.165) is 22.4 Å². The van der Waals surface area contributed by atoms with Crippen molar-refractivity contribution >= 4 is 43.6 Å². The Morgan fingerprint density at radius 1 is 0.400 bits per heavy atom. The summed E-state index contributed by atoms with van der Waals surface area (Å²) in [6, 6.07) is 51.4. The molecule has 0 aliphatic carbocycles. The molecule has 0 aliphatic heterocycles. The van der Waals surface area contributed by atoms with Crippen LogP contribution in [0.25, 0.3) is 66.1 Å². The van der Waals surface area contributed by atoms with Crippen LogP contribution in [0.15, 0.2) is 140 Å². The van der Waals surface area contributed by atoms with Crippen LogP contribution in [0.5, 0.6) is 0 Å². The number of hydrogen-bond acceptors (Lipinski definition) is 1. The summed E-state index contributed by atoms with van der Waals surface area (Å²) in [5.74, 6) is 0. The van der Waals surface area contributed by atoms with Crippen molar-refractivity contribution < 1.29 is 0 Å². The van der Waals surface area contributed by atoms with E-state index in [4.69, 9.17) is 0 Å². The zero-order valence-corrected chi connectivity index (χ0v) is 21.6. The predicted octanol–water partition coefficient (Wildman–Crippen LogP) is 9.42. The molecule has 0 unspecified atom stereocenters. The standard InChI is InChI=1S/C37H23N3/c38-24-25-16-19-28(20-17-25)39-36-15-6-3-12-32(36)33-23-27(18-21-37(33)39)26-8-7-9-29(22-26)40-34-13-4-1-10-30(34)31-11-2-5-14-35(31)40/h1-23H. The second kappa shape index (κ2) is 8.73. The Hall–Kier alpha value is -5.59. The molecule has 0 radical (unpaired) electrons. The second-order valence-electron chi connectivity index (χ2n) is 10.2. The van der Waals surface area contributed by atoms with Gasteiger partial charge in [-0.1, -0.05) is 72.8 Å². The number of hydrogen-bond donors (Lipinski definition) is 0. The summed E-state index contributed by atoms with van der Waals surface area (Å²) < 4.78 is 4.65. The van der Waals surface area contributed by atoms with Crippen molar-refractivity contribution in [3.05, 3.63) is 145 Å². The Balaban J connectivity index is 1.32. The molecule has 3 heteroatoms. The maximum absolute atomic E-state index is 9.27. The lowest BCUT2D eigenvalue weighted by molar-refractivity contribution is 1.18. The predicted molar refractivity (Wildman–Crippen MR) is 165 cm³/mol. The van der Waals surface area contributed by atoms with Crippen molar-refractivity contribution in [1.29, 1.82) is 5.26 Å². The summed E-state index contributed by atoms with van der Waals surface area (Å²) >= 11 is 0. The third-order valence-electron chi connectivity index (χ3n) is 7.94. The van der Waals surface area contributed by atoms with Gasteiger partial charge in [0.1, 0.15) is 0 Å². The van der Waals surface area contributed by atoms with Gasteiger partial charge in [-0.05, 0) is 77.9 Å². The molecule has 2 heterocycles. The molecule has 186 valence electrons. The lowest BCUT2D eigenvalue weighted by Gasteiger charge is -2.11. The highest BCUT2D eigenvalue weighted by Crippen LogP contribution is 2.36. The van der Waals surface area contributed by atoms with E-state index in [9.17, 15) is 5.26 Å². The van der Waals surface area contributed by atoms with Crippen LogP contribution < -0.4 is 0 Å². The fourth-order valence-electron chi connectivity index (χ4n) is 6.14. The van der Waals surface area contributed by atoms with Crippen molar-refractivity contribution in [2.24, 2.45) is 0 Å². The van der Waals surface area contributed by atoms with Crippen molar-refractivity contribution in [3.63, 3.8) is 0 Å². The Bertz CT molecular complexity index is 2220. The van der Waals surface area contributed by atoms with Gasteiger partial charge in [0.15, 0.2) is 0 Å². The summed E-state index contributed by atoms with van der Waals surface area (Å²) in [6.07, 6.45) is 0. The minimum atomic E-state index is 0.662. The first kappa shape index (κ1) is 22.4. The number of nitriles is 1. The van der Waals surface area contributed by atoms with Crippen LogP contribution in [0.1, 0.15) is 5.56 Å². The van der Waals surface area contributed by atoms with Crippen LogP contribution in [0.2, 0.25) is 0 Å². The molecule has 0 atom stereocenters. The van der Waals surface area contributed by atoms with Gasteiger partial charge >= 0.3 is 0 Å². The van der Waals surface area contributed by atoms with Gasteiger partial charge in [-0.3, -0.25) is 0 Å². The van der Waals surface area contributed by atoms with E-state index >= 15 is 0 Å². The topological polar surface area (TPSA) is 33.6 Å². The van der Waals surface area contributed by atoms with Crippen molar-refractivity contribution in [2.45, 2.75) is 0 Å². The van der Waals surface area contributed by atoms with Crippen LogP contribution in [-0.4, -0.2) is 9.13 Å². The smallest absolute Gasteiger partial charge is 0.0991 e. The molecule has 0 amide bonds. The van der Waals surface area contributed by atoms with Crippen molar-refractivity contribution in [1.82, 2.24) is 9.13 Å². The normalized spacial score (nSPS) is 11.5. The molecular weight excluding hydrogens is 486 g/mol. The van der Waals surface area contributed by atoms with E-state index in [1.165, 1.54) is 43.7 Å². The lowest BCUT2D eigenvalue weighted by Crippen LogP contribution is -1.94. The molecule has 3 nitrogen and oxygen atoms in total. The number of fused-ring (bicyclic) bond motifs is 6. The van der Waals surface area contributed by atoms with E-state index in [-0.39, 0.29) is 0 Å². The maximum atomic E-state index is 9.27. The first-order valence-electron chi connectivity index (χ1n) is 13.4. The highest BCUT2D eigenvalue weighted by Gasteiger charge is 2.15. The average molecular weight is 510 g/mol. The zero-order valence-electron chi connectivity index (χ0n) is 21.6. The highest BCUT2D eigenvalue weighted by atomic mass is 15.0. The maximum Gasteiger partial charge on any atom is 0.0991 e. The minimum Gasteiger partial charge on any atom is -0.309 e. The summed E-state index contributed by atoms with van der Waals surface area (Å²) in [6.45, 7) is 0. The molecule has 0 saturated heterocycles. The first-order valence-corrected chi connectivity index (χ1v) is 13.4. The summed E-state index contributed by atoms with van der Waals surface area (Å²) in [7, 11) is 0. The molecule has 2 aromatic heterocycles. The molecule has 0 aliphatic rings. The van der Waals surface area contributed by atoms with Crippen LogP contribution in [0.3, 0.4) is 0 Å². The zero-order chi connectivity index (χ0) is 26.6. The van der Waals surface area contributed by atoms with E-state index in [1.807, 2.05) is 24.3 Å². The SMILES string of the molecule is N#Cc1ccc(-n2c3ccccc3c3cc(-c4cccc(-n5c6ccccc6c6ccccc65)c4)ccc32)cc1. The molecule has 0 saturated carbocycles. The van der Waals surface area contributed by atoms with Gasteiger partial charge in [0, 0.05) is 32.9 Å². The van der Waals surface area contributed by atoms with Gasteiger partial charge in [-0.15, -0.1) is 0 Å². The third kappa shape index (κ3) is 3.30. The molecule has 0 bridgehead atoms. The molecule has 8 aromatic rings. The number of benzene rings is 6. The summed E-state index contributed by atoms with van der Waals surface area (Å²) in [5.41, 5.74) is 9.93. The molecule has 0 fully saturated rings. The molecule has 0 N–H and O–H groups in total. The van der Waals surface area contributed by atoms with Gasteiger partial charge in [-0.25, -0.2) is 0 Å². The van der Waals surface area contributed by atoms with E-state index < -0.39 is 0 Å². The largest absolute Gasteiger partial charge is 0.309 e. The van der Waals surface area contributed by atoms with E-state index in [1.54, 1.807) is 0 Å². The molecule has 40 heavy (non-hydrogen) atoms. The van der Waals surface area contributed by atoms with Crippen LogP contribution >= 0.6 is 0 Å². The van der Waals surface area contributed by atoms with E-state index in [2.05, 4.69) is 130 Å². The Morgan fingerprint density at radius 2 is 0.925 bits per heavy atom. The van der Waals surface area contributed by atoms with Gasteiger partial charge in [0.2, 0.25) is 0 Å². The molecular formula is C37H23N3. The van der Waals surface area contributed by atoms with Gasteiger partial charge < -0.3 is 9.13 Å². The van der Waals surface area contributed by atoms with Gasteiger partial charge in [-0.2, -0.15) is 5.26 Å². The molecule has 6 aromatic carbocycles. The number of rotatable bonds is 3. The minimum absolute atomic E-state index is 0.662. The van der Waals surface area contributed by atoms with Gasteiger partial charge in [0.25, 0.3) is 0 Å². The average Bonchev–Trinajstić information content (AvgIpc) is 3.54. The number of para-hydroxylation sites is 3. The Morgan fingerprint density at radius 3 is 1.55 bits per heavy atom. The lowest BCUT2D eigenvalue weighted by atomic mass is 10.0. The fraction of sp³-hybridized carbons (Fsp3) is 0. The number of nitrogens with zero attached hydrogens (tertiary/aromatic N) is 3. The quantitative estimate of drug-likeness (QED) is 0.233. The Labute approximate surface area is 231 Å². The monoisotopic (exact) mass is 509 g/mol. The molecule has 0 spiro atoms. The number of aromatic nitrogens is 2. The highest BCUT2D eigenvalue weighted by molar-refractivity contribution is 6.11. The van der Waals surface area contributed by atoms with Crippen LogP contribution in [-0.2, 0) is 0 Å². The first-order chi connectivity index (χ1) is 19.8. The van der Waals surface area contributed by atoms with Crippen molar-refractivity contribution in [2.75, 3.05) is 0 Å². The van der Waals surface area contributed by atoms with E-state index in [0.29, 0.717) is 5.56 Å².